The van der Waals surface area contributed by atoms with Gasteiger partial charge in [-0.05, 0) is 0 Å². The Hall–Kier alpha value is -0.520. The highest BCUT2D eigenvalue weighted by Crippen LogP contribution is 2.24. The van der Waals surface area contributed by atoms with Gasteiger partial charge in [-0.2, -0.15) is 11.8 Å². The van der Waals surface area contributed by atoms with E-state index in [9.17, 15) is 0 Å². The summed E-state index contributed by atoms with van der Waals surface area (Å²) in [6, 6.07) is 0.184. The molecule has 0 aromatic carbocycles. The predicted octanol–water partition coefficient (Wildman–Crippen LogP) is 2.80. The lowest BCUT2D eigenvalue weighted by atomic mass is 10.2. The van der Waals surface area contributed by atoms with Gasteiger partial charge >= 0.3 is 0 Å². The van der Waals surface area contributed by atoms with Gasteiger partial charge in [0.1, 0.15) is 0 Å². The van der Waals surface area contributed by atoms with Crippen LogP contribution in [0.1, 0.15) is 26.5 Å². The molecule has 0 aliphatic heterocycles. The first-order chi connectivity index (χ1) is 7.94. The number of hydrogen-bond donors (Lipinski definition) is 1. The van der Waals surface area contributed by atoms with Gasteiger partial charge in [-0.1, -0.05) is 20.8 Å². The first kappa shape index (κ1) is 12.9. The van der Waals surface area contributed by atoms with Crippen LogP contribution in [0.2, 0.25) is 0 Å². The molecular weight excluding hydrogens is 250 g/mol. The number of imidazole rings is 1. The van der Waals surface area contributed by atoms with Crippen LogP contribution in [0, 0.1) is 0 Å². The predicted molar refractivity (Wildman–Crippen MR) is 77.0 cm³/mol. The Morgan fingerprint density at radius 1 is 1.53 bits per heavy atom. The van der Waals surface area contributed by atoms with Gasteiger partial charge in [0.25, 0.3) is 0 Å². The second kappa shape index (κ2) is 5.00. The molecule has 0 saturated carbocycles. The van der Waals surface area contributed by atoms with Crippen LogP contribution in [-0.2, 0) is 6.42 Å². The zero-order chi connectivity index (χ0) is 12.5. The summed E-state index contributed by atoms with van der Waals surface area (Å²) in [5.74, 6) is 0.981. The van der Waals surface area contributed by atoms with Crippen molar-refractivity contribution in [3.8, 4) is 0 Å². The zero-order valence-corrected chi connectivity index (χ0v) is 12.1. The van der Waals surface area contributed by atoms with Gasteiger partial charge in [0.05, 0.1) is 5.69 Å². The van der Waals surface area contributed by atoms with Crippen molar-refractivity contribution in [2.45, 2.75) is 38.0 Å². The van der Waals surface area contributed by atoms with Crippen molar-refractivity contribution >= 4 is 28.1 Å². The fourth-order valence-corrected chi connectivity index (χ4v) is 3.11. The SMILES string of the molecule is CC(C)(C)SCC(N)Cc1cn2ccsc2n1. The van der Waals surface area contributed by atoms with E-state index in [1.165, 1.54) is 0 Å². The first-order valence-electron chi connectivity index (χ1n) is 5.75. The molecule has 2 rings (SSSR count). The van der Waals surface area contributed by atoms with Crippen molar-refractivity contribution in [1.82, 2.24) is 9.38 Å². The maximum Gasteiger partial charge on any atom is 0.193 e. The van der Waals surface area contributed by atoms with Crippen LogP contribution in [0.15, 0.2) is 17.8 Å². The van der Waals surface area contributed by atoms with Gasteiger partial charge in [-0.15, -0.1) is 11.3 Å². The first-order valence-corrected chi connectivity index (χ1v) is 7.61. The maximum atomic E-state index is 6.14. The Bertz CT molecular complexity index is 453. The third kappa shape index (κ3) is 3.72. The topological polar surface area (TPSA) is 43.3 Å². The standard InChI is InChI=1S/C12H19N3S2/c1-12(2,3)17-8-9(13)6-10-7-15-4-5-16-11(15)14-10/h4-5,7,9H,6,8,13H2,1-3H3. The Labute approximate surface area is 110 Å². The normalized spacial score (nSPS) is 14.4. The lowest BCUT2D eigenvalue weighted by Crippen LogP contribution is -2.28. The molecule has 1 atom stereocenters. The summed E-state index contributed by atoms with van der Waals surface area (Å²) >= 11 is 3.57. The molecule has 0 radical (unpaired) electrons. The fourth-order valence-electron chi connectivity index (χ4n) is 1.56. The Morgan fingerprint density at radius 3 is 2.94 bits per heavy atom. The van der Waals surface area contributed by atoms with Crippen molar-refractivity contribution in [1.29, 1.82) is 0 Å². The average molecular weight is 269 g/mol. The highest BCUT2D eigenvalue weighted by molar-refractivity contribution is 8.00. The van der Waals surface area contributed by atoms with E-state index in [0.717, 1.165) is 22.8 Å². The minimum Gasteiger partial charge on any atom is -0.327 e. The summed E-state index contributed by atoms with van der Waals surface area (Å²) in [5, 5.41) is 2.04. The number of rotatable bonds is 4. The highest BCUT2D eigenvalue weighted by atomic mass is 32.2. The molecule has 5 heteroatoms. The molecule has 0 fully saturated rings. The number of thiazole rings is 1. The van der Waals surface area contributed by atoms with Crippen LogP contribution in [0.25, 0.3) is 4.96 Å². The van der Waals surface area contributed by atoms with Crippen molar-refractivity contribution < 1.29 is 0 Å². The molecule has 2 N–H and O–H groups in total. The van der Waals surface area contributed by atoms with Crippen LogP contribution in [0.3, 0.4) is 0 Å². The molecule has 1 unspecified atom stereocenters. The van der Waals surface area contributed by atoms with Gasteiger partial charge < -0.3 is 5.73 Å². The summed E-state index contributed by atoms with van der Waals surface area (Å²) < 4.78 is 2.34. The average Bonchev–Trinajstić information content (AvgIpc) is 2.73. The van der Waals surface area contributed by atoms with Crippen molar-refractivity contribution in [3.63, 3.8) is 0 Å². The van der Waals surface area contributed by atoms with Gasteiger partial charge in [0.15, 0.2) is 4.96 Å². The molecule has 2 aromatic heterocycles. The summed E-state index contributed by atoms with van der Waals surface area (Å²) in [6.07, 6.45) is 4.97. The lowest BCUT2D eigenvalue weighted by Gasteiger charge is -2.20. The number of nitrogens with zero attached hydrogens (tertiary/aromatic N) is 2. The van der Waals surface area contributed by atoms with E-state index in [1.807, 2.05) is 23.3 Å². The molecule has 0 aliphatic carbocycles. The molecule has 0 bridgehead atoms. The van der Waals surface area contributed by atoms with E-state index in [1.54, 1.807) is 11.3 Å². The quantitative estimate of drug-likeness (QED) is 0.928. The molecular formula is C12H19N3S2. The van der Waals surface area contributed by atoms with Crippen molar-refractivity contribution in [3.05, 3.63) is 23.5 Å². The fraction of sp³-hybridized carbons (Fsp3) is 0.583. The molecule has 0 saturated heterocycles. The van der Waals surface area contributed by atoms with E-state index >= 15 is 0 Å². The maximum absolute atomic E-state index is 6.14. The summed E-state index contributed by atoms with van der Waals surface area (Å²) in [7, 11) is 0. The van der Waals surface area contributed by atoms with E-state index in [4.69, 9.17) is 5.73 Å². The second-order valence-corrected chi connectivity index (χ2v) is 7.93. The van der Waals surface area contributed by atoms with Crippen LogP contribution >= 0.6 is 23.1 Å². The number of thioether (sulfide) groups is 1. The lowest BCUT2D eigenvalue weighted by molar-refractivity contribution is 0.724. The number of fused-ring (bicyclic) bond motifs is 1. The number of aromatic nitrogens is 2. The van der Waals surface area contributed by atoms with Gasteiger partial charge in [-0.25, -0.2) is 4.98 Å². The molecule has 2 heterocycles. The van der Waals surface area contributed by atoms with E-state index in [0.29, 0.717) is 0 Å². The van der Waals surface area contributed by atoms with Crippen LogP contribution in [0.5, 0.6) is 0 Å². The van der Waals surface area contributed by atoms with Crippen LogP contribution < -0.4 is 5.73 Å². The molecule has 0 spiro atoms. The number of hydrogen-bond acceptors (Lipinski definition) is 4. The Kier molecular flexibility index (Phi) is 3.80. The molecule has 0 amide bonds. The van der Waals surface area contributed by atoms with Crippen molar-refractivity contribution in [2.24, 2.45) is 5.73 Å². The van der Waals surface area contributed by atoms with Crippen LogP contribution in [0.4, 0.5) is 0 Å². The third-order valence-electron chi connectivity index (χ3n) is 2.34. The monoisotopic (exact) mass is 269 g/mol. The van der Waals surface area contributed by atoms with E-state index in [-0.39, 0.29) is 10.8 Å². The molecule has 0 aliphatic rings. The Balaban J connectivity index is 1.90. The molecule has 94 valence electrons. The molecule has 2 aromatic rings. The summed E-state index contributed by atoms with van der Waals surface area (Å²) in [5.41, 5.74) is 7.23. The molecule has 17 heavy (non-hydrogen) atoms. The smallest absolute Gasteiger partial charge is 0.193 e. The number of nitrogens with two attached hydrogens (primary N) is 1. The third-order valence-corrected chi connectivity index (χ3v) is 4.58. The highest BCUT2D eigenvalue weighted by Gasteiger charge is 2.14. The van der Waals surface area contributed by atoms with E-state index in [2.05, 4.69) is 36.4 Å². The van der Waals surface area contributed by atoms with E-state index < -0.39 is 0 Å². The van der Waals surface area contributed by atoms with Gasteiger partial charge in [0.2, 0.25) is 0 Å². The second-order valence-electron chi connectivity index (χ2n) is 5.21. The largest absolute Gasteiger partial charge is 0.327 e. The van der Waals surface area contributed by atoms with Gasteiger partial charge in [-0.3, -0.25) is 4.40 Å². The van der Waals surface area contributed by atoms with Gasteiger partial charge in [0, 0.05) is 40.7 Å². The minimum atomic E-state index is 0.184. The zero-order valence-electron chi connectivity index (χ0n) is 10.5. The van der Waals surface area contributed by atoms with Crippen molar-refractivity contribution in [2.75, 3.05) is 5.75 Å². The molecule has 3 nitrogen and oxygen atoms in total. The minimum absolute atomic E-state index is 0.184. The Morgan fingerprint density at radius 2 is 2.29 bits per heavy atom. The van der Waals surface area contributed by atoms with Crippen LogP contribution in [-0.4, -0.2) is 25.9 Å². The summed E-state index contributed by atoms with van der Waals surface area (Å²) in [6.45, 7) is 6.66. The summed E-state index contributed by atoms with van der Waals surface area (Å²) in [4.78, 5) is 5.60.